The van der Waals surface area contributed by atoms with Crippen LogP contribution in [0.5, 0.6) is 5.75 Å². The lowest BCUT2D eigenvalue weighted by molar-refractivity contribution is -0.274. The molecule has 13 heteroatoms. The Morgan fingerprint density at radius 3 is 2.69 bits per heavy atom. The number of hydrogen-bond donors (Lipinski definition) is 2. The Morgan fingerprint density at radius 1 is 1.13 bits per heavy atom. The molecule has 0 unspecified atom stereocenters. The van der Waals surface area contributed by atoms with Crippen LogP contribution < -0.4 is 20.3 Å². The van der Waals surface area contributed by atoms with E-state index >= 15 is 0 Å². The topological polar surface area (TPSA) is 101 Å². The number of carbonyl (C=O) groups excluding carboxylic acids is 1. The molecule has 10 nitrogen and oxygen atoms in total. The van der Waals surface area contributed by atoms with Crippen LogP contribution in [0.3, 0.4) is 0 Å². The third-order valence-corrected chi connectivity index (χ3v) is 6.27. The summed E-state index contributed by atoms with van der Waals surface area (Å²) < 4.78 is 60.1. The molecule has 2 aliphatic rings. The van der Waals surface area contributed by atoms with E-state index in [2.05, 4.69) is 25.3 Å². The van der Waals surface area contributed by atoms with Crippen molar-refractivity contribution in [3.8, 4) is 17.1 Å². The van der Waals surface area contributed by atoms with Crippen molar-refractivity contribution in [3.63, 3.8) is 0 Å². The second-order valence-corrected chi connectivity index (χ2v) is 9.16. The summed E-state index contributed by atoms with van der Waals surface area (Å²) in [5.41, 5.74) is 3.16. The van der Waals surface area contributed by atoms with E-state index in [9.17, 15) is 18.0 Å². The number of oxazole rings is 1. The van der Waals surface area contributed by atoms with E-state index in [1.807, 2.05) is 25.1 Å². The Hall–Kier alpha value is -3.81. The highest BCUT2D eigenvalue weighted by molar-refractivity contribution is 5.95. The maximum absolute atomic E-state index is 13.0. The summed E-state index contributed by atoms with van der Waals surface area (Å²) in [5.74, 6) is -0.269. The molecule has 2 saturated heterocycles. The van der Waals surface area contributed by atoms with Gasteiger partial charge in [0, 0.05) is 49.2 Å². The number of morpholine rings is 1. The number of rotatable bonds is 9. The minimum atomic E-state index is -4.90. The third-order valence-electron chi connectivity index (χ3n) is 6.27. The van der Waals surface area contributed by atoms with Gasteiger partial charge in [-0.25, -0.2) is 9.78 Å². The van der Waals surface area contributed by atoms with Gasteiger partial charge in [0.05, 0.1) is 32.7 Å². The van der Waals surface area contributed by atoms with Crippen LogP contribution in [-0.2, 0) is 16.1 Å². The summed E-state index contributed by atoms with van der Waals surface area (Å²) in [4.78, 5) is 19.9. The third kappa shape index (κ3) is 6.99. The molecular formula is C26H28F3N5O5. The molecule has 2 aliphatic heterocycles. The summed E-state index contributed by atoms with van der Waals surface area (Å²) in [6.45, 7) is 6.63. The zero-order valence-electron chi connectivity index (χ0n) is 21.2. The number of halogens is 3. The fourth-order valence-electron chi connectivity index (χ4n) is 4.29. The van der Waals surface area contributed by atoms with Crippen LogP contribution in [0.25, 0.3) is 11.3 Å². The van der Waals surface area contributed by atoms with Gasteiger partial charge in [0.25, 0.3) is 6.01 Å². The predicted molar refractivity (Wildman–Crippen MR) is 136 cm³/mol. The van der Waals surface area contributed by atoms with Gasteiger partial charge in [0.15, 0.2) is 5.76 Å². The number of aryl methyl sites for hydroxylation is 1. The largest absolute Gasteiger partial charge is 0.573 e. The Kier molecular flexibility index (Phi) is 7.91. The van der Waals surface area contributed by atoms with Gasteiger partial charge < -0.3 is 29.3 Å². The first-order valence-electron chi connectivity index (χ1n) is 12.4. The normalized spacial score (nSPS) is 16.4. The second kappa shape index (κ2) is 11.5. The minimum Gasteiger partial charge on any atom is -0.423 e. The van der Waals surface area contributed by atoms with E-state index in [4.69, 9.17) is 13.9 Å². The lowest BCUT2D eigenvalue weighted by Gasteiger charge is -2.26. The molecule has 208 valence electrons. The zero-order valence-corrected chi connectivity index (χ0v) is 21.2. The van der Waals surface area contributed by atoms with Crippen LogP contribution in [-0.4, -0.2) is 68.4 Å². The predicted octanol–water partition coefficient (Wildman–Crippen LogP) is 4.63. The monoisotopic (exact) mass is 547 g/mol. The SMILES string of the molecule is Cc1ccc(COCN2CCOCC2)cc1Nc1ncc(-c2cc(OC(F)(F)F)cc(N3CCNC3=O)c2)o1. The first-order chi connectivity index (χ1) is 18.7. The standard InChI is InChI=1S/C26H28F3N5O5/c1-17-2-3-18(15-37-16-33-6-8-36-9-7-33)10-22(17)32-24-31-14-23(38-24)19-11-20(34-5-4-30-25(34)35)13-21(12-19)39-26(27,28)29/h2-3,10-14H,4-9,15-16H2,1H3,(H,30,35)(H,31,32). The van der Waals surface area contributed by atoms with Crippen molar-refractivity contribution in [1.82, 2.24) is 15.2 Å². The number of ether oxygens (including phenoxy) is 3. The van der Waals surface area contributed by atoms with Gasteiger partial charge in [-0.3, -0.25) is 9.80 Å². The van der Waals surface area contributed by atoms with Crippen molar-refractivity contribution in [3.05, 3.63) is 53.7 Å². The van der Waals surface area contributed by atoms with E-state index in [0.717, 1.165) is 36.0 Å². The van der Waals surface area contributed by atoms with Crippen LogP contribution in [0.1, 0.15) is 11.1 Å². The van der Waals surface area contributed by atoms with Crippen molar-refractivity contribution >= 4 is 23.4 Å². The number of anilines is 3. The molecule has 0 spiro atoms. The summed E-state index contributed by atoms with van der Waals surface area (Å²) in [5, 5.41) is 5.75. The van der Waals surface area contributed by atoms with Gasteiger partial charge >= 0.3 is 12.4 Å². The Balaban J connectivity index is 1.31. The molecule has 0 bridgehead atoms. The van der Waals surface area contributed by atoms with Crippen molar-refractivity contribution in [2.24, 2.45) is 0 Å². The number of aromatic nitrogens is 1. The second-order valence-electron chi connectivity index (χ2n) is 9.16. The van der Waals surface area contributed by atoms with Gasteiger partial charge in [-0.05, 0) is 36.2 Å². The van der Waals surface area contributed by atoms with Crippen molar-refractivity contribution in [2.75, 3.05) is 56.3 Å². The van der Waals surface area contributed by atoms with Gasteiger partial charge in [-0.1, -0.05) is 12.1 Å². The molecule has 2 N–H and O–H groups in total. The molecule has 2 aromatic carbocycles. The molecule has 0 aliphatic carbocycles. The van der Waals surface area contributed by atoms with Crippen LogP contribution in [0, 0.1) is 6.92 Å². The Morgan fingerprint density at radius 2 is 1.95 bits per heavy atom. The van der Waals surface area contributed by atoms with E-state index < -0.39 is 18.1 Å². The van der Waals surface area contributed by atoms with Gasteiger partial charge in [0.1, 0.15) is 5.75 Å². The number of nitrogens with one attached hydrogen (secondary N) is 2. The molecule has 0 radical (unpaired) electrons. The average Bonchev–Trinajstić information content (AvgIpc) is 3.54. The van der Waals surface area contributed by atoms with E-state index in [-0.39, 0.29) is 23.0 Å². The van der Waals surface area contributed by atoms with Crippen molar-refractivity contribution in [1.29, 1.82) is 0 Å². The number of nitrogens with zero attached hydrogens (tertiary/aromatic N) is 3. The highest BCUT2D eigenvalue weighted by atomic mass is 19.4. The Labute approximate surface area is 222 Å². The van der Waals surface area contributed by atoms with Gasteiger partial charge in [-0.15, -0.1) is 13.2 Å². The number of benzene rings is 2. The molecular weight excluding hydrogens is 519 g/mol. The summed E-state index contributed by atoms with van der Waals surface area (Å²) in [6.07, 6.45) is -3.50. The van der Waals surface area contributed by atoms with E-state index in [1.165, 1.54) is 17.2 Å². The summed E-state index contributed by atoms with van der Waals surface area (Å²) in [6, 6.07) is 9.50. The highest BCUT2D eigenvalue weighted by Gasteiger charge is 2.32. The summed E-state index contributed by atoms with van der Waals surface area (Å²) >= 11 is 0. The van der Waals surface area contributed by atoms with Gasteiger partial charge in [-0.2, -0.15) is 0 Å². The van der Waals surface area contributed by atoms with Gasteiger partial charge in [0.2, 0.25) is 0 Å². The lowest BCUT2D eigenvalue weighted by atomic mass is 10.1. The number of amides is 2. The fourth-order valence-corrected chi connectivity index (χ4v) is 4.29. The molecule has 5 rings (SSSR count). The van der Waals surface area contributed by atoms with Crippen molar-refractivity contribution < 1.29 is 36.6 Å². The van der Waals surface area contributed by atoms with Crippen LogP contribution in [0.4, 0.5) is 35.4 Å². The molecule has 2 amide bonds. The number of urea groups is 1. The maximum Gasteiger partial charge on any atom is 0.573 e. The molecule has 2 fully saturated rings. The smallest absolute Gasteiger partial charge is 0.423 e. The number of carbonyl (C=O) groups is 1. The van der Waals surface area contributed by atoms with Crippen LogP contribution >= 0.6 is 0 Å². The van der Waals surface area contributed by atoms with E-state index in [0.29, 0.717) is 39.6 Å². The maximum atomic E-state index is 13.0. The molecule has 0 saturated carbocycles. The van der Waals surface area contributed by atoms with Crippen molar-refractivity contribution in [2.45, 2.75) is 19.9 Å². The Bertz CT molecular complexity index is 1310. The highest BCUT2D eigenvalue weighted by Crippen LogP contribution is 2.35. The molecule has 39 heavy (non-hydrogen) atoms. The molecule has 1 aromatic heterocycles. The quantitative estimate of drug-likeness (QED) is 0.400. The number of hydrogen-bond acceptors (Lipinski definition) is 8. The zero-order chi connectivity index (χ0) is 27.4. The van der Waals surface area contributed by atoms with Crippen LogP contribution in [0.15, 0.2) is 47.0 Å². The van der Waals surface area contributed by atoms with E-state index in [1.54, 1.807) is 6.07 Å². The fraction of sp³-hybridized carbons (Fsp3) is 0.385. The number of alkyl halides is 3. The van der Waals surface area contributed by atoms with Crippen LogP contribution in [0.2, 0.25) is 0 Å². The average molecular weight is 548 g/mol. The molecule has 3 heterocycles. The summed E-state index contributed by atoms with van der Waals surface area (Å²) in [7, 11) is 0. The minimum absolute atomic E-state index is 0.155. The lowest BCUT2D eigenvalue weighted by Crippen LogP contribution is -2.37. The first kappa shape index (κ1) is 26.8. The first-order valence-corrected chi connectivity index (χ1v) is 12.4. The molecule has 3 aromatic rings. The molecule has 0 atom stereocenters.